The lowest BCUT2D eigenvalue weighted by molar-refractivity contribution is 0.251. The van der Waals surface area contributed by atoms with Crippen LogP contribution in [0.25, 0.3) is 11.1 Å². The van der Waals surface area contributed by atoms with Crippen LogP contribution in [-0.2, 0) is 0 Å². The highest BCUT2D eigenvalue weighted by atomic mass is 16.5. The second kappa shape index (κ2) is 7.06. The Morgan fingerprint density at radius 3 is 2.42 bits per heavy atom. The number of methoxy groups -OCH3 is 2. The van der Waals surface area contributed by atoms with Crippen LogP contribution in [0.15, 0.2) is 53.3 Å². The molecular formula is C18H18N4O4. The highest BCUT2D eigenvalue weighted by molar-refractivity contribution is 5.94. The lowest BCUT2D eigenvalue weighted by atomic mass is 10.1. The number of nitrogen functional groups attached to an aromatic ring is 1. The van der Waals surface area contributed by atoms with Crippen LogP contribution in [0.2, 0.25) is 0 Å². The molecule has 3 rings (SSSR count). The highest BCUT2D eigenvalue weighted by Gasteiger charge is 2.19. The van der Waals surface area contributed by atoms with Crippen molar-refractivity contribution in [2.45, 2.75) is 0 Å². The average molecular weight is 354 g/mol. The summed E-state index contributed by atoms with van der Waals surface area (Å²) in [6.45, 7) is 0. The molecule has 0 aliphatic heterocycles. The van der Waals surface area contributed by atoms with Gasteiger partial charge in [-0.05, 0) is 29.8 Å². The minimum absolute atomic E-state index is 0.00403. The van der Waals surface area contributed by atoms with Crippen molar-refractivity contribution in [3.8, 4) is 22.6 Å². The number of hydrogen-bond acceptors (Lipinski definition) is 5. The first-order chi connectivity index (χ1) is 12.5. The molecule has 26 heavy (non-hydrogen) atoms. The van der Waals surface area contributed by atoms with Crippen LogP contribution < -0.4 is 26.1 Å². The fraction of sp³-hybridized carbons (Fsp3) is 0.111. The zero-order valence-electron chi connectivity index (χ0n) is 14.3. The average Bonchev–Trinajstić information content (AvgIpc) is 2.96. The van der Waals surface area contributed by atoms with Gasteiger partial charge in [-0.15, -0.1) is 0 Å². The number of nitrogens with two attached hydrogens (primary N) is 1. The van der Waals surface area contributed by atoms with Gasteiger partial charge in [0.15, 0.2) is 11.5 Å². The molecule has 1 heterocycles. The molecule has 3 aromatic rings. The van der Waals surface area contributed by atoms with Gasteiger partial charge in [-0.25, -0.2) is 4.79 Å². The zero-order chi connectivity index (χ0) is 18.7. The van der Waals surface area contributed by atoms with E-state index in [9.17, 15) is 9.59 Å². The smallest absolute Gasteiger partial charge is 0.346 e. The summed E-state index contributed by atoms with van der Waals surface area (Å²) >= 11 is 0. The topological polar surface area (TPSA) is 111 Å². The third-order valence-corrected chi connectivity index (χ3v) is 3.84. The SMILES string of the molecule is COc1ccc(-c2c(N)n(C(=O)Nc3ccccc3)[nH]c2=O)cc1OC. The second-order valence-corrected chi connectivity index (χ2v) is 5.40. The van der Waals surface area contributed by atoms with E-state index in [4.69, 9.17) is 15.2 Å². The van der Waals surface area contributed by atoms with Gasteiger partial charge in [0, 0.05) is 5.69 Å². The molecule has 0 saturated carbocycles. The maximum atomic E-state index is 12.4. The van der Waals surface area contributed by atoms with Crippen LogP contribution in [0.4, 0.5) is 16.3 Å². The first kappa shape index (κ1) is 17.2. The van der Waals surface area contributed by atoms with E-state index in [0.717, 1.165) is 4.68 Å². The standard InChI is InChI=1S/C18H18N4O4/c1-25-13-9-8-11(10-14(13)26-2)15-16(19)22(21-17(15)23)18(24)20-12-6-4-3-5-7-12/h3-10H,19H2,1-2H3,(H,20,24)(H,21,23). The predicted molar refractivity (Wildman–Crippen MR) is 98.9 cm³/mol. The van der Waals surface area contributed by atoms with Crippen molar-refractivity contribution >= 4 is 17.5 Å². The number of rotatable bonds is 4. The van der Waals surface area contributed by atoms with Gasteiger partial charge in [0.25, 0.3) is 5.56 Å². The number of benzene rings is 2. The molecule has 8 heteroatoms. The number of aromatic nitrogens is 2. The van der Waals surface area contributed by atoms with Gasteiger partial charge in [-0.2, -0.15) is 4.68 Å². The maximum Gasteiger partial charge on any atom is 0.346 e. The van der Waals surface area contributed by atoms with E-state index in [-0.39, 0.29) is 11.4 Å². The summed E-state index contributed by atoms with van der Waals surface area (Å²) in [4.78, 5) is 24.8. The van der Waals surface area contributed by atoms with Gasteiger partial charge in [-0.3, -0.25) is 9.89 Å². The Kier molecular flexibility index (Phi) is 4.66. The largest absolute Gasteiger partial charge is 0.493 e. The monoisotopic (exact) mass is 354 g/mol. The number of carbonyl (C=O) groups is 1. The molecule has 4 N–H and O–H groups in total. The number of carbonyl (C=O) groups excluding carboxylic acids is 1. The lowest BCUT2D eigenvalue weighted by Gasteiger charge is -2.09. The summed E-state index contributed by atoms with van der Waals surface area (Å²) in [6.07, 6.45) is 0. The second-order valence-electron chi connectivity index (χ2n) is 5.40. The highest BCUT2D eigenvalue weighted by Crippen LogP contribution is 2.33. The van der Waals surface area contributed by atoms with Crippen LogP contribution >= 0.6 is 0 Å². The summed E-state index contributed by atoms with van der Waals surface area (Å²) in [5, 5.41) is 5.11. The predicted octanol–water partition coefficient (Wildman–Crippen LogP) is 2.52. The van der Waals surface area contributed by atoms with E-state index in [1.807, 2.05) is 6.07 Å². The minimum atomic E-state index is -0.572. The molecule has 0 fully saturated rings. The molecule has 2 aromatic carbocycles. The molecule has 0 atom stereocenters. The van der Waals surface area contributed by atoms with E-state index in [1.165, 1.54) is 14.2 Å². The zero-order valence-corrected chi connectivity index (χ0v) is 14.3. The Morgan fingerprint density at radius 2 is 1.77 bits per heavy atom. The third kappa shape index (κ3) is 3.12. The van der Waals surface area contributed by atoms with Gasteiger partial charge < -0.3 is 20.5 Å². The fourth-order valence-corrected chi connectivity index (χ4v) is 2.58. The van der Waals surface area contributed by atoms with Crippen molar-refractivity contribution in [1.29, 1.82) is 0 Å². The van der Waals surface area contributed by atoms with Gasteiger partial charge in [-0.1, -0.05) is 24.3 Å². The first-order valence-electron chi connectivity index (χ1n) is 7.74. The Hall–Kier alpha value is -3.68. The molecule has 1 aromatic heterocycles. The van der Waals surface area contributed by atoms with Gasteiger partial charge >= 0.3 is 6.03 Å². The van der Waals surface area contributed by atoms with E-state index in [0.29, 0.717) is 22.7 Å². The molecule has 1 amide bonds. The number of anilines is 2. The van der Waals surface area contributed by atoms with E-state index in [2.05, 4.69) is 10.4 Å². The summed E-state index contributed by atoms with van der Waals surface area (Å²) in [7, 11) is 3.01. The quantitative estimate of drug-likeness (QED) is 0.667. The molecule has 8 nitrogen and oxygen atoms in total. The number of hydrogen-bond donors (Lipinski definition) is 3. The fourth-order valence-electron chi connectivity index (χ4n) is 2.58. The van der Waals surface area contributed by atoms with E-state index >= 15 is 0 Å². The Balaban J connectivity index is 1.98. The number of nitrogens with one attached hydrogen (secondary N) is 2. The molecule has 0 spiro atoms. The van der Waals surface area contributed by atoms with Gasteiger partial charge in [0.1, 0.15) is 5.82 Å². The molecule has 134 valence electrons. The summed E-state index contributed by atoms with van der Waals surface area (Å²) in [5.74, 6) is 0.966. The van der Waals surface area contributed by atoms with Crippen LogP contribution in [0.5, 0.6) is 11.5 Å². The van der Waals surface area contributed by atoms with Crippen LogP contribution in [-0.4, -0.2) is 30.0 Å². The Morgan fingerprint density at radius 1 is 1.08 bits per heavy atom. The van der Waals surface area contributed by atoms with Crippen molar-refractivity contribution in [2.75, 3.05) is 25.3 Å². The minimum Gasteiger partial charge on any atom is -0.493 e. The number of aromatic amines is 1. The molecule has 0 radical (unpaired) electrons. The number of para-hydroxylation sites is 1. The van der Waals surface area contributed by atoms with Crippen molar-refractivity contribution in [3.63, 3.8) is 0 Å². The van der Waals surface area contributed by atoms with E-state index < -0.39 is 11.6 Å². The molecule has 0 aliphatic rings. The Labute approximate surface area is 149 Å². The Bertz CT molecular complexity index is 992. The van der Waals surface area contributed by atoms with Crippen LogP contribution in [0.3, 0.4) is 0 Å². The number of H-pyrrole nitrogens is 1. The molecular weight excluding hydrogens is 336 g/mol. The molecule has 0 saturated heterocycles. The summed E-state index contributed by atoms with van der Waals surface area (Å²) < 4.78 is 11.4. The van der Waals surface area contributed by atoms with Crippen LogP contribution in [0, 0.1) is 0 Å². The van der Waals surface area contributed by atoms with Gasteiger partial charge in [0.2, 0.25) is 0 Å². The summed E-state index contributed by atoms with van der Waals surface area (Å²) in [5.41, 5.74) is 6.83. The number of ether oxygens (including phenoxy) is 2. The lowest BCUT2D eigenvalue weighted by Crippen LogP contribution is -2.23. The van der Waals surface area contributed by atoms with Gasteiger partial charge in [0.05, 0.1) is 19.8 Å². The third-order valence-electron chi connectivity index (χ3n) is 3.84. The first-order valence-corrected chi connectivity index (χ1v) is 7.74. The van der Waals surface area contributed by atoms with Crippen molar-refractivity contribution in [1.82, 2.24) is 9.78 Å². The van der Waals surface area contributed by atoms with Crippen molar-refractivity contribution < 1.29 is 14.3 Å². The van der Waals surface area contributed by atoms with Crippen molar-refractivity contribution in [3.05, 3.63) is 58.9 Å². The molecule has 0 unspecified atom stereocenters. The van der Waals surface area contributed by atoms with E-state index in [1.54, 1.807) is 42.5 Å². The number of amides is 1. The molecule has 0 bridgehead atoms. The molecule has 0 aliphatic carbocycles. The maximum absolute atomic E-state index is 12.4. The van der Waals surface area contributed by atoms with Crippen LogP contribution in [0.1, 0.15) is 0 Å². The van der Waals surface area contributed by atoms with Crippen molar-refractivity contribution in [2.24, 2.45) is 0 Å². The normalized spacial score (nSPS) is 10.4. The summed E-state index contributed by atoms with van der Waals surface area (Å²) in [6, 6.07) is 13.2. The number of nitrogens with zero attached hydrogens (tertiary/aromatic N) is 1.